The van der Waals surface area contributed by atoms with E-state index in [-0.39, 0.29) is 17.3 Å². The minimum Gasteiger partial charge on any atom is -0.507 e. The normalized spacial score (nSPS) is 18.2. The fourth-order valence-corrected chi connectivity index (χ4v) is 3.89. The average Bonchev–Trinajstić information content (AvgIpc) is 3.01. The first kappa shape index (κ1) is 19.0. The van der Waals surface area contributed by atoms with Gasteiger partial charge in [0.15, 0.2) is 11.5 Å². The maximum Gasteiger partial charge on any atom is 0.231 e. The molecule has 0 bridgehead atoms. The third-order valence-electron chi connectivity index (χ3n) is 5.02. The first-order chi connectivity index (χ1) is 13.6. The van der Waals surface area contributed by atoms with E-state index >= 15 is 0 Å². The number of morpholine rings is 1. The zero-order chi connectivity index (χ0) is 19.7. The van der Waals surface area contributed by atoms with Gasteiger partial charge in [-0.25, -0.2) is 0 Å². The number of carbonyl (C=O) groups excluding carboxylic acids is 1. The second-order valence-electron chi connectivity index (χ2n) is 6.81. The van der Waals surface area contributed by atoms with E-state index in [1.807, 2.05) is 18.2 Å². The molecule has 2 aromatic carbocycles. The summed E-state index contributed by atoms with van der Waals surface area (Å²) in [5.74, 6) is 1.26. The molecule has 0 unspecified atom stereocenters. The van der Waals surface area contributed by atoms with Crippen molar-refractivity contribution in [1.29, 1.82) is 0 Å². The average molecular weight is 447 g/mol. The van der Waals surface area contributed by atoms with Gasteiger partial charge in [-0.15, -0.1) is 0 Å². The first-order valence-corrected chi connectivity index (χ1v) is 9.90. The van der Waals surface area contributed by atoms with Gasteiger partial charge in [-0.3, -0.25) is 4.79 Å². The van der Waals surface area contributed by atoms with E-state index in [1.54, 1.807) is 25.3 Å². The lowest BCUT2D eigenvalue weighted by Crippen LogP contribution is -3.12. The van der Waals surface area contributed by atoms with Crippen molar-refractivity contribution in [3.63, 3.8) is 0 Å². The van der Waals surface area contributed by atoms with E-state index in [4.69, 9.17) is 14.2 Å². The summed E-state index contributed by atoms with van der Waals surface area (Å²) in [6.07, 6.45) is 1.67. The summed E-state index contributed by atoms with van der Waals surface area (Å²) in [6.45, 7) is 3.68. The Hall–Kier alpha value is -2.35. The molecule has 0 amide bonds. The number of benzene rings is 2. The number of hydrogen-bond acceptors (Lipinski definition) is 5. The number of ketones is 1. The summed E-state index contributed by atoms with van der Waals surface area (Å²) in [4.78, 5) is 14.2. The van der Waals surface area contributed by atoms with Gasteiger partial charge in [0.2, 0.25) is 5.78 Å². The van der Waals surface area contributed by atoms with Crippen LogP contribution in [-0.2, 0) is 11.3 Å². The topological polar surface area (TPSA) is 69.4 Å². The Bertz CT molecular complexity index is 950. The van der Waals surface area contributed by atoms with Crippen LogP contribution in [0.4, 0.5) is 0 Å². The van der Waals surface area contributed by atoms with Gasteiger partial charge in [0.1, 0.15) is 31.1 Å². The molecule has 0 aromatic heterocycles. The van der Waals surface area contributed by atoms with Crippen molar-refractivity contribution in [3.8, 4) is 17.2 Å². The quantitative estimate of drug-likeness (QED) is 0.704. The summed E-state index contributed by atoms with van der Waals surface area (Å²) in [5, 5.41) is 10.4. The third-order valence-corrected chi connectivity index (χ3v) is 5.51. The molecule has 0 radical (unpaired) electrons. The van der Waals surface area contributed by atoms with E-state index < -0.39 is 0 Å². The number of methoxy groups -OCH3 is 1. The van der Waals surface area contributed by atoms with Crippen molar-refractivity contribution in [2.24, 2.45) is 0 Å². The Morgan fingerprint density at radius 3 is 2.79 bits per heavy atom. The number of fused-ring (bicyclic) bond motifs is 1. The number of carbonyl (C=O) groups is 1. The van der Waals surface area contributed by atoms with Crippen LogP contribution in [0.15, 0.2) is 40.6 Å². The predicted molar refractivity (Wildman–Crippen MR) is 107 cm³/mol. The lowest BCUT2D eigenvalue weighted by atomic mass is 10.0. The van der Waals surface area contributed by atoms with Gasteiger partial charge in [-0.05, 0) is 36.4 Å². The minimum atomic E-state index is -0.199. The Labute approximate surface area is 171 Å². The molecule has 0 atom stereocenters. The molecule has 0 spiro atoms. The molecule has 1 saturated heterocycles. The fraction of sp³-hybridized carbons (Fsp3) is 0.286. The molecule has 2 heterocycles. The maximum atomic E-state index is 12.9. The third kappa shape index (κ3) is 3.65. The van der Waals surface area contributed by atoms with E-state index in [9.17, 15) is 9.90 Å². The van der Waals surface area contributed by atoms with Gasteiger partial charge in [0.05, 0.1) is 31.5 Å². The molecule has 4 rings (SSSR count). The van der Waals surface area contributed by atoms with Crippen LogP contribution in [0.5, 0.6) is 17.2 Å². The molecule has 2 N–H and O–H groups in total. The van der Waals surface area contributed by atoms with Crippen molar-refractivity contribution in [2.45, 2.75) is 6.54 Å². The SMILES string of the molecule is COc1ccc(Br)cc1/C=C1\Oc2c(ccc(O)c2C[NH+]2CCOCC2)C1=O. The second-order valence-corrected chi connectivity index (χ2v) is 7.72. The fourth-order valence-electron chi connectivity index (χ4n) is 3.51. The van der Waals surface area contributed by atoms with Crippen LogP contribution in [0.2, 0.25) is 0 Å². The molecule has 6 nitrogen and oxygen atoms in total. The van der Waals surface area contributed by atoms with E-state index in [0.717, 1.165) is 23.1 Å². The molecule has 2 aromatic rings. The van der Waals surface area contributed by atoms with Crippen LogP contribution >= 0.6 is 15.9 Å². The summed E-state index contributed by atoms with van der Waals surface area (Å²) in [7, 11) is 1.58. The van der Waals surface area contributed by atoms with Crippen molar-refractivity contribution < 1.29 is 29.0 Å². The molecular weight excluding hydrogens is 426 g/mol. The lowest BCUT2D eigenvalue weighted by Gasteiger charge is -2.24. The van der Waals surface area contributed by atoms with Crippen molar-refractivity contribution >= 4 is 27.8 Å². The monoisotopic (exact) mass is 446 g/mol. The van der Waals surface area contributed by atoms with Crippen LogP contribution in [-0.4, -0.2) is 44.3 Å². The van der Waals surface area contributed by atoms with Gasteiger partial charge in [0.25, 0.3) is 0 Å². The number of Topliss-reactive ketones (excluding diaryl/α,β-unsaturated/α-hetero) is 1. The summed E-state index contributed by atoms with van der Waals surface area (Å²) in [6, 6.07) is 8.74. The van der Waals surface area contributed by atoms with Gasteiger partial charge in [-0.2, -0.15) is 0 Å². The molecule has 0 saturated carbocycles. The van der Waals surface area contributed by atoms with Crippen LogP contribution in [0.25, 0.3) is 6.08 Å². The van der Waals surface area contributed by atoms with Crippen LogP contribution in [0, 0.1) is 0 Å². The number of ether oxygens (including phenoxy) is 3. The van der Waals surface area contributed by atoms with Gasteiger partial charge >= 0.3 is 0 Å². The Morgan fingerprint density at radius 1 is 1.25 bits per heavy atom. The number of phenolic OH excluding ortho intramolecular Hbond substituents is 1. The molecule has 2 aliphatic rings. The summed E-state index contributed by atoms with van der Waals surface area (Å²) < 4.78 is 17.6. The number of hydrogen-bond donors (Lipinski definition) is 2. The molecule has 7 heteroatoms. The van der Waals surface area contributed by atoms with Gasteiger partial charge < -0.3 is 24.2 Å². The summed E-state index contributed by atoms with van der Waals surface area (Å²) in [5.41, 5.74) is 1.87. The van der Waals surface area contributed by atoms with E-state index in [1.165, 1.54) is 4.90 Å². The number of allylic oxidation sites excluding steroid dienone is 1. The zero-order valence-corrected chi connectivity index (χ0v) is 17.0. The predicted octanol–water partition coefficient (Wildman–Crippen LogP) is 2.19. The molecule has 28 heavy (non-hydrogen) atoms. The highest BCUT2D eigenvalue weighted by atomic mass is 79.9. The van der Waals surface area contributed by atoms with Gasteiger partial charge in [-0.1, -0.05) is 15.9 Å². The van der Waals surface area contributed by atoms with Crippen LogP contribution in [0.3, 0.4) is 0 Å². The number of phenols is 1. The number of halogens is 1. The molecule has 1 fully saturated rings. The smallest absolute Gasteiger partial charge is 0.231 e. The number of rotatable bonds is 4. The summed E-state index contributed by atoms with van der Waals surface area (Å²) >= 11 is 3.44. The highest BCUT2D eigenvalue weighted by Gasteiger charge is 2.33. The second kappa shape index (κ2) is 7.95. The van der Waals surface area contributed by atoms with E-state index in [0.29, 0.717) is 42.4 Å². The maximum absolute atomic E-state index is 12.9. The molecular formula is C21H21BrNO5+. The Kier molecular flexibility index (Phi) is 5.39. The molecule has 146 valence electrons. The lowest BCUT2D eigenvalue weighted by molar-refractivity contribution is -0.921. The zero-order valence-electron chi connectivity index (χ0n) is 15.5. The van der Waals surface area contributed by atoms with Crippen LogP contribution in [0.1, 0.15) is 21.5 Å². The standard InChI is InChI=1S/C21H20BrNO5/c1-26-18-5-2-14(22)10-13(18)11-19-20(25)15-3-4-17(24)16(21(15)28-19)12-23-6-8-27-9-7-23/h2-5,10-11,24H,6-9,12H2,1H3/p+1/b19-11-. The molecule has 2 aliphatic heterocycles. The first-order valence-electron chi connectivity index (χ1n) is 9.10. The number of aromatic hydroxyl groups is 1. The highest BCUT2D eigenvalue weighted by Crippen LogP contribution is 2.39. The number of nitrogens with one attached hydrogen (secondary N) is 1. The van der Waals surface area contributed by atoms with Crippen LogP contribution < -0.4 is 14.4 Å². The largest absolute Gasteiger partial charge is 0.507 e. The highest BCUT2D eigenvalue weighted by molar-refractivity contribution is 9.10. The Balaban J connectivity index is 1.68. The van der Waals surface area contributed by atoms with Crippen molar-refractivity contribution in [1.82, 2.24) is 0 Å². The van der Waals surface area contributed by atoms with E-state index in [2.05, 4.69) is 15.9 Å². The van der Waals surface area contributed by atoms with Gasteiger partial charge in [0, 0.05) is 10.0 Å². The minimum absolute atomic E-state index is 0.145. The number of quaternary nitrogens is 1. The molecule has 0 aliphatic carbocycles. The van der Waals surface area contributed by atoms with Crippen molar-refractivity contribution in [2.75, 3.05) is 33.4 Å². The van der Waals surface area contributed by atoms with Crippen molar-refractivity contribution in [3.05, 3.63) is 57.3 Å². The Morgan fingerprint density at radius 2 is 2.04 bits per heavy atom.